The molecule has 0 radical (unpaired) electrons. The first-order valence-corrected chi connectivity index (χ1v) is 3.98. The van der Waals surface area contributed by atoms with Crippen LogP contribution in [-0.2, 0) is 11.8 Å². The van der Waals surface area contributed by atoms with E-state index in [0.717, 1.165) is 11.8 Å². The highest BCUT2D eigenvalue weighted by atomic mass is 32.2. The highest BCUT2D eigenvalue weighted by Crippen LogP contribution is 2.12. The predicted octanol–water partition coefficient (Wildman–Crippen LogP) is -0.738. The average Bonchev–Trinajstić information content (AvgIpc) is 2.31. The fourth-order valence-corrected chi connectivity index (χ4v) is 1.26. The number of aryl methyl sites for hydroxylation is 1. The maximum atomic E-state index is 10.0. The average molecular weight is 171 g/mol. The normalized spacial score (nSPS) is 9.91. The number of rotatable bonds is 3. The number of aromatic nitrogens is 2. The largest absolute Gasteiger partial charge is 0.549 e. The number of hydrogen-bond acceptors (Lipinski definition) is 4. The minimum Gasteiger partial charge on any atom is -0.549 e. The standard InChI is InChI=1S/C6H8N2O2S/c1-8-3-2-7-6(8)11-4-5(9)10/h2-3H,4H2,1H3,(H,9,10)/p-1. The Bertz CT molecular complexity index is 259. The lowest BCUT2D eigenvalue weighted by molar-refractivity contribution is -0.301. The van der Waals surface area contributed by atoms with Crippen LogP contribution in [0.3, 0.4) is 0 Å². The van der Waals surface area contributed by atoms with Crippen molar-refractivity contribution < 1.29 is 9.90 Å². The van der Waals surface area contributed by atoms with Gasteiger partial charge >= 0.3 is 0 Å². The van der Waals surface area contributed by atoms with Crippen LogP contribution in [-0.4, -0.2) is 21.3 Å². The molecule has 1 aromatic heterocycles. The van der Waals surface area contributed by atoms with Gasteiger partial charge in [0, 0.05) is 25.2 Å². The van der Waals surface area contributed by atoms with E-state index >= 15 is 0 Å². The van der Waals surface area contributed by atoms with Gasteiger partial charge in [-0.15, -0.1) is 0 Å². The molecule has 0 aromatic carbocycles. The molecule has 5 heteroatoms. The van der Waals surface area contributed by atoms with Crippen molar-refractivity contribution in [3.63, 3.8) is 0 Å². The molecule has 0 atom stereocenters. The predicted molar refractivity (Wildman–Crippen MR) is 38.9 cm³/mol. The minimum atomic E-state index is -1.07. The second-order valence-corrected chi connectivity index (χ2v) is 2.92. The molecular formula is C6H7N2O2S-. The number of carboxylic acids is 1. The van der Waals surface area contributed by atoms with Crippen molar-refractivity contribution >= 4 is 17.7 Å². The summed E-state index contributed by atoms with van der Waals surface area (Å²) in [6, 6.07) is 0. The summed E-state index contributed by atoms with van der Waals surface area (Å²) in [7, 11) is 1.81. The van der Waals surface area contributed by atoms with Gasteiger partial charge < -0.3 is 14.5 Å². The van der Waals surface area contributed by atoms with Gasteiger partial charge in [-0.1, -0.05) is 11.8 Å². The molecule has 0 aliphatic heterocycles. The zero-order chi connectivity index (χ0) is 8.27. The van der Waals surface area contributed by atoms with Gasteiger partial charge in [-0.25, -0.2) is 4.98 Å². The Hall–Kier alpha value is -0.970. The second-order valence-electron chi connectivity index (χ2n) is 1.98. The van der Waals surface area contributed by atoms with Gasteiger partial charge in [0.15, 0.2) is 5.16 Å². The summed E-state index contributed by atoms with van der Waals surface area (Å²) in [6.07, 6.45) is 3.38. The summed E-state index contributed by atoms with van der Waals surface area (Å²) in [5.41, 5.74) is 0. The van der Waals surface area contributed by atoms with Gasteiger partial charge in [-0.3, -0.25) is 0 Å². The van der Waals surface area contributed by atoms with E-state index in [0.29, 0.717) is 5.16 Å². The van der Waals surface area contributed by atoms with Gasteiger partial charge in [0.05, 0.1) is 5.97 Å². The van der Waals surface area contributed by atoms with Gasteiger partial charge in [0.1, 0.15) is 0 Å². The number of hydrogen-bond donors (Lipinski definition) is 0. The summed E-state index contributed by atoms with van der Waals surface area (Å²) in [4.78, 5) is 14.0. The number of carboxylic acid groups (broad SMARTS) is 1. The molecule has 1 rings (SSSR count). The van der Waals surface area contributed by atoms with Crippen LogP contribution in [0.4, 0.5) is 0 Å². The van der Waals surface area contributed by atoms with Gasteiger partial charge in [-0.05, 0) is 0 Å². The fraction of sp³-hybridized carbons (Fsp3) is 0.333. The van der Waals surface area contributed by atoms with E-state index in [1.165, 1.54) is 0 Å². The van der Waals surface area contributed by atoms with E-state index in [4.69, 9.17) is 0 Å². The van der Waals surface area contributed by atoms with Crippen LogP contribution in [0.1, 0.15) is 0 Å². The van der Waals surface area contributed by atoms with E-state index in [1.807, 2.05) is 7.05 Å². The van der Waals surface area contributed by atoms with Crippen molar-refractivity contribution in [2.75, 3.05) is 5.75 Å². The van der Waals surface area contributed by atoms with E-state index < -0.39 is 5.97 Å². The number of carbonyl (C=O) groups excluding carboxylic acids is 1. The van der Waals surface area contributed by atoms with Crippen LogP contribution in [0.5, 0.6) is 0 Å². The van der Waals surface area contributed by atoms with Crippen molar-refractivity contribution in [2.45, 2.75) is 5.16 Å². The molecule has 1 heterocycles. The lowest BCUT2D eigenvalue weighted by atomic mass is 10.8. The Morgan fingerprint density at radius 1 is 1.91 bits per heavy atom. The van der Waals surface area contributed by atoms with Crippen molar-refractivity contribution in [3.8, 4) is 0 Å². The quantitative estimate of drug-likeness (QED) is 0.562. The molecule has 0 aliphatic carbocycles. The maximum Gasteiger partial charge on any atom is 0.168 e. The van der Waals surface area contributed by atoms with Crippen molar-refractivity contribution in [2.24, 2.45) is 7.05 Å². The number of imidazole rings is 1. The third-order valence-electron chi connectivity index (χ3n) is 1.10. The lowest BCUT2D eigenvalue weighted by Gasteiger charge is -2.00. The summed E-state index contributed by atoms with van der Waals surface area (Å²) in [5, 5.41) is 10.7. The first-order valence-electron chi connectivity index (χ1n) is 3.00. The number of nitrogens with zero attached hydrogens (tertiary/aromatic N) is 2. The second kappa shape index (κ2) is 3.43. The van der Waals surface area contributed by atoms with Crippen LogP contribution in [0.15, 0.2) is 17.6 Å². The molecule has 0 aliphatic rings. The fourth-order valence-electron chi connectivity index (χ4n) is 0.614. The van der Waals surface area contributed by atoms with Crippen molar-refractivity contribution in [1.29, 1.82) is 0 Å². The summed E-state index contributed by atoms with van der Waals surface area (Å²) < 4.78 is 1.76. The van der Waals surface area contributed by atoms with Gasteiger partial charge in [0.25, 0.3) is 0 Å². The molecule has 11 heavy (non-hydrogen) atoms. The molecule has 60 valence electrons. The first kappa shape index (κ1) is 8.13. The molecule has 0 saturated carbocycles. The Balaban J connectivity index is 2.51. The van der Waals surface area contributed by atoms with Crippen LogP contribution < -0.4 is 5.11 Å². The summed E-state index contributed by atoms with van der Waals surface area (Å²) in [5.74, 6) is -1.12. The van der Waals surface area contributed by atoms with Crippen LogP contribution >= 0.6 is 11.8 Å². The zero-order valence-corrected chi connectivity index (χ0v) is 6.80. The molecule has 0 bridgehead atoms. The molecule has 0 saturated heterocycles. The van der Waals surface area contributed by atoms with Crippen LogP contribution in [0.25, 0.3) is 0 Å². The smallest absolute Gasteiger partial charge is 0.168 e. The Morgan fingerprint density at radius 2 is 2.64 bits per heavy atom. The van der Waals surface area contributed by atoms with Gasteiger partial charge in [-0.2, -0.15) is 0 Å². The third-order valence-corrected chi connectivity index (χ3v) is 2.13. The maximum absolute atomic E-state index is 10.0. The topological polar surface area (TPSA) is 58.0 Å². The summed E-state index contributed by atoms with van der Waals surface area (Å²) in [6.45, 7) is 0. The SMILES string of the molecule is Cn1ccnc1SCC(=O)[O-]. The monoisotopic (exact) mass is 171 g/mol. The molecular weight excluding hydrogens is 164 g/mol. The van der Waals surface area contributed by atoms with E-state index in [-0.39, 0.29) is 5.75 Å². The summed E-state index contributed by atoms with van der Waals surface area (Å²) >= 11 is 1.15. The van der Waals surface area contributed by atoms with Crippen molar-refractivity contribution in [3.05, 3.63) is 12.4 Å². The Kier molecular flexibility index (Phi) is 2.53. The number of aliphatic carboxylic acids is 1. The lowest BCUT2D eigenvalue weighted by Crippen LogP contribution is -2.24. The van der Waals surface area contributed by atoms with Crippen molar-refractivity contribution in [1.82, 2.24) is 9.55 Å². The molecule has 4 nitrogen and oxygen atoms in total. The zero-order valence-electron chi connectivity index (χ0n) is 5.98. The minimum absolute atomic E-state index is 0.0507. The van der Waals surface area contributed by atoms with Crippen LogP contribution in [0.2, 0.25) is 0 Å². The van der Waals surface area contributed by atoms with E-state index in [2.05, 4.69) is 4.98 Å². The van der Waals surface area contributed by atoms with Crippen LogP contribution in [0, 0.1) is 0 Å². The molecule has 1 aromatic rings. The molecule has 0 unspecified atom stereocenters. The van der Waals surface area contributed by atoms with E-state index in [9.17, 15) is 9.90 Å². The number of thioether (sulfide) groups is 1. The first-order chi connectivity index (χ1) is 5.20. The van der Waals surface area contributed by atoms with Gasteiger partial charge in [0.2, 0.25) is 0 Å². The Labute approximate surface area is 68.2 Å². The third kappa shape index (κ3) is 2.27. The molecule has 0 N–H and O–H groups in total. The number of carbonyl (C=O) groups is 1. The van der Waals surface area contributed by atoms with E-state index in [1.54, 1.807) is 17.0 Å². The highest BCUT2D eigenvalue weighted by Gasteiger charge is 1.98. The highest BCUT2D eigenvalue weighted by molar-refractivity contribution is 7.99. The molecule has 0 amide bonds. The molecule has 0 spiro atoms. The Morgan fingerprint density at radius 3 is 3.09 bits per heavy atom. The molecule has 0 fully saturated rings.